The number of aromatic amines is 1. The largest absolute Gasteiger partial charge is 0.478 e. The van der Waals surface area contributed by atoms with Gasteiger partial charge in [0.15, 0.2) is 0 Å². The third kappa shape index (κ3) is 2.89. The molecule has 1 aromatic heterocycles. The van der Waals surface area contributed by atoms with Gasteiger partial charge in [-0.2, -0.15) is 0 Å². The molecule has 4 rings (SSSR count). The predicted molar refractivity (Wildman–Crippen MR) is 94.5 cm³/mol. The summed E-state index contributed by atoms with van der Waals surface area (Å²) in [7, 11) is 0. The summed E-state index contributed by atoms with van der Waals surface area (Å²) in [6.45, 7) is 1.30. The van der Waals surface area contributed by atoms with E-state index in [2.05, 4.69) is 17.1 Å². The Balaban J connectivity index is 1.49. The van der Waals surface area contributed by atoms with Crippen molar-refractivity contribution in [1.29, 1.82) is 0 Å². The van der Waals surface area contributed by atoms with Crippen LogP contribution in [0, 0.1) is 0 Å². The van der Waals surface area contributed by atoms with E-state index in [9.17, 15) is 9.59 Å². The van der Waals surface area contributed by atoms with E-state index in [-0.39, 0.29) is 17.9 Å². The average Bonchev–Trinajstić information content (AvgIpc) is 3.00. The first-order valence-corrected chi connectivity index (χ1v) is 8.30. The van der Waals surface area contributed by atoms with Crippen LogP contribution >= 0.6 is 0 Å². The van der Waals surface area contributed by atoms with Crippen molar-refractivity contribution in [1.82, 2.24) is 9.88 Å². The minimum Gasteiger partial charge on any atom is -0.478 e. The third-order valence-electron chi connectivity index (χ3n) is 4.79. The smallest absolute Gasteiger partial charge is 0.335 e. The Morgan fingerprint density at radius 2 is 1.84 bits per heavy atom. The molecule has 1 aliphatic heterocycles. The molecule has 0 fully saturated rings. The normalized spacial score (nSPS) is 13.7. The highest BCUT2D eigenvalue weighted by Gasteiger charge is 2.23. The Morgan fingerprint density at radius 3 is 2.60 bits per heavy atom. The van der Waals surface area contributed by atoms with Crippen molar-refractivity contribution in [2.45, 2.75) is 19.4 Å². The van der Waals surface area contributed by atoms with Crippen molar-refractivity contribution in [3.8, 4) is 0 Å². The molecule has 0 saturated heterocycles. The van der Waals surface area contributed by atoms with Gasteiger partial charge in [-0.3, -0.25) is 4.79 Å². The molecule has 0 spiro atoms. The molecule has 2 heterocycles. The van der Waals surface area contributed by atoms with Gasteiger partial charge in [0.05, 0.1) is 18.5 Å². The van der Waals surface area contributed by atoms with Crippen molar-refractivity contribution in [3.63, 3.8) is 0 Å². The van der Waals surface area contributed by atoms with Crippen molar-refractivity contribution in [2.75, 3.05) is 6.54 Å². The zero-order chi connectivity index (χ0) is 17.4. The molecule has 0 radical (unpaired) electrons. The monoisotopic (exact) mass is 334 g/mol. The molecule has 0 aliphatic carbocycles. The Labute approximate surface area is 144 Å². The first-order valence-electron chi connectivity index (χ1n) is 8.30. The molecule has 1 aliphatic rings. The van der Waals surface area contributed by atoms with Crippen LogP contribution in [0.3, 0.4) is 0 Å². The van der Waals surface area contributed by atoms with Crippen LogP contribution in [0.25, 0.3) is 10.9 Å². The molecule has 0 atom stereocenters. The first-order chi connectivity index (χ1) is 12.1. The van der Waals surface area contributed by atoms with Gasteiger partial charge in [0, 0.05) is 23.1 Å². The lowest BCUT2D eigenvalue weighted by molar-refractivity contribution is -0.131. The van der Waals surface area contributed by atoms with Gasteiger partial charge in [-0.25, -0.2) is 4.79 Å². The SMILES string of the molecule is O=C(O)c1ccc(CC(=O)N2CCc3c([nH]c4ccccc34)C2)cc1. The van der Waals surface area contributed by atoms with Crippen molar-refractivity contribution in [3.05, 3.63) is 70.9 Å². The second-order valence-electron chi connectivity index (χ2n) is 6.37. The maximum Gasteiger partial charge on any atom is 0.335 e. The zero-order valence-corrected chi connectivity index (χ0v) is 13.7. The van der Waals surface area contributed by atoms with Crippen molar-refractivity contribution >= 4 is 22.8 Å². The summed E-state index contributed by atoms with van der Waals surface area (Å²) in [5.41, 5.74) is 4.60. The van der Waals surface area contributed by atoms with Crippen LogP contribution in [0.5, 0.6) is 0 Å². The molecule has 1 amide bonds. The first kappa shape index (κ1) is 15.4. The lowest BCUT2D eigenvalue weighted by atomic mass is 10.0. The maximum absolute atomic E-state index is 12.6. The number of hydrogen-bond donors (Lipinski definition) is 2. The van der Waals surface area contributed by atoms with Crippen molar-refractivity contribution < 1.29 is 14.7 Å². The number of aromatic carboxylic acids is 1. The lowest BCUT2D eigenvalue weighted by Crippen LogP contribution is -2.36. The number of carbonyl (C=O) groups excluding carboxylic acids is 1. The highest BCUT2D eigenvalue weighted by atomic mass is 16.4. The highest BCUT2D eigenvalue weighted by Crippen LogP contribution is 2.27. The Morgan fingerprint density at radius 1 is 1.08 bits per heavy atom. The molecule has 0 saturated carbocycles. The fourth-order valence-corrected chi connectivity index (χ4v) is 3.46. The number of benzene rings is 2. The molecular weight excluding hydrogens is 316 g/mol. The highest BCUT2D eigenvalue weighted by molar-refractivity contribution is 5.88. The van der Waals surface area contributed by atoms with Gasteiger partial charge >= 0.3 is 5.97 Å². The van der Waals surface area contributed by atoms with E-state index < -0.39 is 5.97 Å². The van der Waals surface area contributed by atoms with Crippen LogP contribution in [-0.2, 0) is 24.2 Å². The van der Waals surface area contributed by atoms with Crippen molar-refractivity contribution in [2.24, 2.45) is 0 Å². The maximum atomic E-state index is 12.6. The number of carboxylic acids is 1. The summed E-state index contributed by atoms with van der Waals surface area (Å²) >= 11 is 0. The van der Waals surface area contributed by atoms with Crippen LogP contribution in [-0.4, -0.2) is 33.4 Å². The van der Waals surface area contributed by atoms with Gasteiger partial charge in [-0.05, 0) is 35.7 Å². The summed E-state index contributed by atoms with van der Waals surface area (Å²) in [5.74, 6) is -0.896. The molecule has 5 heteroatoms. The minimum atomic E-state index is -0.958. The zero-order valence-electron chi connectivity index (χ0n) is 13.7. The number of rotatable bonds is 3. The van der Waals surface area contributed by atoms with E-state index >= 15 is 0 Å². The summed E-state index contributed by atoms with van der Waals surface area (Å²) in [6, 6.07) is 14.7. The van der Waals surface area contributed by atoms with Crippen LogP contribution in [0.4, 0.5) is 0 Å². The molecule has 5 nitrogen and oxygen atoms in total. The average molecular weight is 334 g/mol. The van der Waals surface area contributed by atoms with Gasteiger partial charge in [0.1, 0.15) is 0 Å². The Kier molecular flexibility index (Phi) is 3.76. The van der Waals surface area contributed by atoms with Gasteiger partial charge in [-0.1, -0.05) is 30.3 Å². The number of amides is 1. The van der Waals surface area contributed by atoms with E-state index in [0.29, 0.717) is 13.1 Å². The van der Waals surface area contributed by atoms with E-state index in [0.717, 1.165) is 23.2 Å². The fourth-order valence-electron chi connectivity index (χ4n) is 3.46. The second-order valence-corrected chi connectivity index (χ2v) is 6.37. The van der Waals surface area contributed by atoms with Gasteiger partial charge < -0.3 is 15.0 Å². The number of carboxylic acid groups (broad SMARTS) is 1. The second kappa shape index (κ2) is 6.09. The van der Waals surface area contributed by atoms with Crippen LogP contribution in [0.15, 0.2) is 48.5 Å². The number of nitrogens with zero attached hydrogens (tertiary/aromatic N) is 1. The molecule has 0 bridgehead atoms. The number of aromatic nitrogens is 1. The van der Waals surface area contributed by atoms with Crippen LogP contribution in [0.2, 0.25) is 0 Å². The van der Waals surface area contributed by atoms with Crippen LogP contribution < -0.4 is 0 Å². The Hall–Kier alpha value is -3.08. The van der Waals surface area contributed by atoms with Gasteiger partial charge in [0.2, 0.25) is 5.91 Å². The standard InChI is InChI=1S/C20H18N2O3/c23-19(11-13-5-7-14(8-6-13)20(24)25)22-10-9-16-15-3-1-2-4-17(15)21-18(16)12-22/h1-8,21H,9-12H2,(H,24,25). The summed E-state index contributed by atoms with van der Waals surface area (Å²) in [5, 5.41) is 10.2. The molecular formula is C20H18N2O3. The molecule has 3 aromatic rings. The number of hydrogen-bond acceptors (Lipinski definition) is 2. The lowest BCUT2D eigenvalue weighted by Gasteiger charge is -2.27. The molecule has 2 N–H and O–H groups in total. The van der Waals surface area contributed by atoms with E-state index in [1.165, 1.54) is 23.1 Å². The summed E-state index contributed by atoms with van der Waals surface area (Å²) < 4.78 is 0. The summed E-state index contributed by atoms with van der Waals surface area (Å²) in [6.07, 6.45) is 1.14. The number of carbonyl (C=O) groups is 2. The molecule has 2 aromatic carbocycles. The number of fused-ring (bicyclic) bond motifs is 3. The number of H-pyrrole nitrogens is 1. The van der Waals surface area contributed by atoms with Crippen LogP contribution in [0.1, 0.15) is 27.2 Å². The van der Waals surface area contributed by atoms with E-state index in [1.54, 1.807) is 12.1 Å². The third-order valence-corrected chi connectivity index (χ3v) is 4.79. The van der Waals surface area contributed by atoms with E-state index in [1.807, 2.05) is 17.0 Å². The van der Waals surface area contributed by atoms with Gasteiger partial charge in [0.25, 0.3) is 0 Å². The molecule has 0 unspecified atom stereocenters. The van der Waals surface area contributed by atoms with Gasteiger partial charge in [-0.15, -0.1) is 0 Å². The topological polar surface area (TPSA) is 73.4 Å². The minimum absolute atomic E-state index is 0.0624. The number of para-hydroxylation sites is 1. The molecule has 126 valence electrons. The quantitative estimate of drug-likeness (QED) is 0.773. The Bertz CT molecular complexity index is 957. The van der Waals surface area contributed by atoms with E-state index in [4.69, 9.17) is 5.11 Å². The number of nitrogens with one attached hydrogen (secondary N) is 1. The summed E-state index contributed by atoms with van der Waals surface area (Å²) in [4.78, 5) is 28.8. The molecule has 25 heavy (non-hydrogen) atoms. The predicted octanol–water partition coefficient (Wildman–Crippen LogP) is 2.99. The fraction of sp³-hybridized carbons (Fsp3) is 0.200.